The lowest BCUT2D eigenvalue weighted by molar-refractivity contribution is -0.0955. The van der Waals surface area contributed by atoms with E-state index < -0.39 is 0 Å². The molecule has 5 nitrogen and oxygen atoms in total. The lowest BCUT2D eigenvalue weighted by Gasteiger charge is -2.37. The van der Waals surface area contributed by atoms with Crippen molar-refractivity contribution in [2.45, 2.75) is 123 Å². The molecule has 0 aliphatic carbocycles. The lowest BCUT2D eigenvalue weighted by atomic mass is 10.0. The normalized spacial score (nSPS) is 16.7. The van der Waals surface area contributed by atoms with Gasteiger partial charge in [0.1, 0.15) is 0 Å². The van der Waals surface area contributed by atoms with Crippen LogP contribution in [0.3, 0.4) is 0 Å². The van der Waals surface area contributed by atoms with E-state index in [1.807, 2.05) is 18.9 Å². The number of hydrogen-bond donors (Lipinski definition) is 2. The Morgan fingerprint density at radius 2 is 1.31 bits per heavy atom. The van der Waals surface area contributed by atoms with Gasteiger partial charge in [-0.25, -0.2) is 9.80 Å². The van der Waals surface area contributed by atoms with E-state index >= 15 is 0 Å². The molecule has 2 amide bonds. The molecule has 0 aromatic heterocycles. The number of rotatable bonds is 17. The molecule has 1 aliphatic heterocycles. The summed E-state index contributed by atoms with van der Waals surface area (Å²) in [5, 5.41) is 4.92. The van der Waals surface area contributed by atoms with Crippen LogP contribution in [0.1, 0.15) is 117 Å². The molecule has 0 radical (unpaired) electrons. The quantitative estimate of drug-likeness (QED) is 0.281. The third-order valence-corrected chi connectivity index (χ3v) is 5.75. The summed E-state index contributed by atoms with van der Waals surface area (Å²) in [5.41, 5.74) is 2.74. The summed E-state index contributed by atoms with van der Waals surface area (Å²) in [6.45, 7) is 9.27. The highest BCUT2D eigenvalue weighted by atomic mass is 16.5. The maximum atomic E-state index is 12.0. The molecule has 172 valence electrons. The molecule has 1 saturated heterocycles. The smallest absolute Gasteiger partial charge is 0.329 e. The Morgan fingerprint density at radius 3 is 1.79 bits per heavy atom. The van der Waals surface area contributed by atoms with Gasteiger partial charge >= 0.3 is 6.03 Å². The second-order valence-corrected chi connectivity index (χ2v) is 9.35. The molecule has 1 heterocycles. The number of ether oxygens (including phenoxy) is 1. The number of unbranched alkanes of at least 4 members (excludes halogenated alkanes) is 14. The molecule has 0 atom stereocenters. The summed E-state index contributed by atoms with van der Waals surface area (Å²) < 4.78 is 5.66. The fourth-order valence-corrected chi connectivity index (χ4v) is 3.99. The second-order valence-electron chi connectivity index (χ2n) is 9.35. The molecule has 0 aromatic rings. The minimum Gasteiger partial charge on any atom is -0.373 e. The molecule has 29 heavy (non-hydrogen) atoms. The van der Waals surface area contributed by atoms with Gasteiger partial charge in [-0.1, -0.05) is 96.8 Å². The van der Waals surface area contributed by atoms with Gasteiger partial charge in [-0.15, -0.1) is 0 Å². The Morgan fingerprint density at radius 1 is 0.828 bits per heavy atom. The van der Waals surface area contributed by atoms with Gasteiger partial charge in [-0.05, 0) is 20.3 Å². The van der Waals surface area contributed by atoms with Crippen molar-refractivity contribution in [2.75, 3.05) is 26.2 Å². The number of amides is 2. The van der Waals surface area contributed by atoms with E-state index in [0.29, 0.717) is 6.61 Å². The van der Waals surface area contributed by atoms with Crippen LogP contribution in [0.2, 0.25) is 0 Å². The summed E-state index contributed by atoms with van der Waals surface area (Å²) in [5.74, 6) is 0. The molecule has 1 aliphatic rings. The van der Waals surface area contributed by atoms with Crippen molar-refractivity contribution in [1.82, 2.24) is 15.8 Å². The topological polar surface area (TPSA) is 53.6 Å². The summed E-state index contributed by atoms with van der Waals surface area (Å²) in [7, 11) is 0. The molecule has 0 bridgehead atoms. The minimum atomic E-state index is -0.195. The minimum absolute atomic E-state index is 0.0898. The van der Waals surface area contributed by atoms with Crippen molar-refractivity contribution in [3.05, 3.63) is 0 Å². The average Bonchev–Trinajstić information content (AvgIpc) is 2.67. The Labute approximate surface area is 180 Å². The van der Waals surface area contributed by atoms with E-state index in [0.717, 1.165) is 26.1 Å². The van der Waals surface area contributed by atoms with Crippen LogP contribution in [0.5, 0.6) is 0 Å². The summed E-state index contributed by atoms with van der Waals surface area (Å²) >= 11 is 0. The zero-order valence-corrected chi connectivity index (χ0v) is 19.7. The van der Waals surface area contributed by atoms with E-state index in [2.05, 4.69) is 17.7 Å². The van der Waals surface area contributed by atoms with Crippen LogP contribution in [-0.2, 0) is 4.74 Å². The van der Waals surface area contributed by atoms with Crippen LogP contribution >= 0.6 is 0 Å². The van der Waals surface area contributed by atoms with Crippen LogP contribution in [0.4, 0.5) is 4.79 Å². The fourth-order valence-electron chi connectivity index (χ4n) is 3.99. The first-order valence-corrected chi connectivity index (χ1v) is 12.5. The van der Waals surface area contributed by atoms with Gasteiger partial charge < -0.3 is 10.1 Å². The second kappa shape index (κ2) is 16.9. The highest BCUT2D eigenvalue weighted by Crippen LogP contribution is 2.15. The molecule has 5 heteroatoms. The van der Waals surface area contributed by atoms with Gasteiger partial charge in [-0.3, -0.25) is 5.43 Å². The highest BCUT2D eigenvalue weighted by Gasteiger charge is 2.27. The summed E-state index contributed by atoms with van der Waals surface area (Å²) in [4.78, 5) is 12.0. The third-order valence-electron chi connectivity index (χ3n) is 5.75. The van der Waals surface area contributed by atoms with Crippen molar-refractivity contribution in [2.24, 2.45) is 0 Å². The number of nitrogens with one attached hydrogen (secondary N) is 2. The molecular formula is C24H49N3O2. The van der Waals surface area contributed by atoms with E-state index in [1.54, 1.807) is 0 Å². The Kier molecular flexibility index (Phi) is 15.3. The Balaban J connectivity index is 1.79. The van der Waals surface area contributed by atoms with Gasteiger partial charge in [0.05, 0.1) is 12.2 Å². The molecular weight excluding hydrogens is 362 g/mol. The van der Waals surface area contributed by atoms with E-state index in [-0.39, 0.29) is 11.6 Å². The molecule has 1 fully saturated rings. The first-order chi connectivity index (χ1) is 14.0. The number of hydrazine groups is 1. The number of nitrogens with zero attached hydrogens (tertiary/aromatic N) is 1. The number of morpholine rings is 1. The van der Waals surface area contributed by atoms with Crippen LogP contribution in [0.25, 0.3) is 0 Å². The van der Waals surface area contributed by atoms with Gasteiger partial charge in [-0.2, -0.15) is 0 Å². The summed E-state index contributed by atoms with van der Waals surface area (Å²) in [6.07, 6.45) is 20.5. The van der Waals surface area contributed by atoms with Gasteiger partial charge in [0.15, 0.2) is 0 Å². The highest BCUT2D eigenvalue weighted by molar-refractivity contribution is 5.73. The lowest BCUT2D eigenvalue weighted by Crippen LogP contribution is -2.57. The predicted molar refractivity (Wildman–Crippen MR) is 123 cm³/mol. The van der Waals surface area contributed by atoms with Crippen molar-refractivity contribution in [3.63, 3.8) is 0 Å². The zero-order valence-electron chi connectivity index (χ0n) is 19.7. The number of urea groups is 1. The van der Waals surface area contributed by atoms with Crippen LogP contribution in [-0.4, -0.2) is 42.9 Å². The first-order valence-electron chi connectivity index (χ1n) is 12.5. The molecule has 0 aromatic carbocycles. The van der Waals surface area contributed by atoms with Crippen molar-refractivity contribution in [3.8, 4) is 0 Å². The van der Waals surface area contributed by atoms with Crippen molar-refractivity contribution < 1.29 is 9.53 Å². The van der Waals surface area contributed by atoms with Gasteiger partial charge in [0.25, 0.3) is 0 Å². The first kappa shape index (κ1) is 26.2. The van der Waals surface area contributed by atoms with E-state index in [1.165, 1.54) is 89.9 Å². The van der Waals surface area contributed by atoms with E-state index in [9.17, 15) is 4.79 Å². The van der Waals surface area contributed by atoms with Crippen LogP contribution in [0, 0.1) is 0 Å². The average molecular weight is 412 g/mol. The predicted octanol–water partition coefficient (Wildman–Crippen LogP) is 6.18. The molecule has 1 rings (SSSR count). The Bertz CT molecular complexity index is 402. The molecule has 0 saturated carbocycles. The maximum absolute atomic E-state index is 12.0. The number of carbonyl (C=O) groups is 1. The monoisotopic (exact) mass is 411 g/mol. The summed E-state index contributed by atoms with van der Waals surface area (Å²) in [6, 6.07) is -0.0898. The number of hydrogen-bond acceptors (Lipinski definition) is 3. The van der Waals surface area contributed by atoms with Crippen molar-refractivity contribution >= 4 is 6.03 Å². The standard InChI is InChI=1S/C24H49N3O2/c1-4-5-6-7-8-9-10-11-12-13-14-15-16-17-18-19-25-23(28)26-27-20-21-29-24(2,3)22-27/h4-22H2,1-3H3,(H2,25,26,28). The number of carbonyl (C=O) groups excluding carboxylic acids is 1. The molecule has 0 unspecified atom stereocenters. The van der Waals surface area contributed by atoms with Gasteiger partial charge in [0.2, 0.25) is 0 Å². The van der Waals surface area contributed by atoms with Gasteiger partial charge in [0, 0.05) is 19.6 Å². The Hall–Kier alpha value is -0.810. The molecule has 0 spiro atoms. The fraction of sp³-hybridized carbons (Fsp3) is 0.958. The largest absolute Gasteiger partial charge is 0.373 e. The van der Waals surface area contributed by atoms with Crippen LogP contribution < -0.4 is 10.7 Å². The van der Waals surface area contributed by atoms with Crippen LogP contribution in [0.15, 0.2) is 0 Å². The SMILES string of the molecule is CCCCCCCCCCCCCCCCCNC(=O)NN1CCOC(C)(C)C1. The van der Waals surface area contributed by atoms with E-state index in [4.69, 9.17) is 4.74 Å². The third kappa shape index (κ3) is 15.7. The zero-order chi connectivity index (χ0) is 21.2. The maximum Gasteiger partial charge on any atom is 0.329 e. The molecule has 2 N–H and O–H groups in total. The van der Waals surface area contributed by atoms with Crippen molar-refractivity contribution in [1.29, 1.82) is 0 Å².